The van der Waals surface area contributed by atoms with Gasteiger partial charge in [0.05, 0.1) is 6.10 Å². The average Bonchev–Trinajstić information content (AvgIpc) is 2.37. The van der Waals surface area contributed by atoms with Crippen LogP contribution in [-0.4, -0.2) is 42.9 Å². The molecule has 0 heterocycles. The van der Waals surface area contributed by atoms with Gasteiger partial charge in [0.2, 0.25) is 0 Å². The molecule has 0 radical (unpaired) electrons. The Hall–Kier alpha value is -1.30. The minimum Gasteiger partial charge on any atom is -0.481 e. The lowest BCUT2D eigenvalue weighted by Gasteiger charge is -2.34. The van der Waals surface area contributed by atoms with E-state index in [-0.39, 0.29) is 24.6 Å². The van der Waals surface area contributed by atoms with Crippen LogP contribution in [0.5, 0.6) is 0 Å². The molecule has 0 aliphatic heterocycles. The largest absolute Gasteiger partial charge is 0.481 e. The van der Waals surface area contributed by atoms with Gasteiger partial charge in [0.25, 0.3) is 0 Å². The van der Waals surface area contributed by atoms with Crippen LogP contribution in [0.3, 0.4) is 0 Å². The van der Waals surface area contributed by atoms with E-state index in [0.717, 1.165) is 25.7 Å². The van der Waals surface area contributed by atoms with Gasteiger partial charge in [-0.3, -0.25) is 4.79 Å². The number of carboxylic acids is 1. The number of aliphatic carboxylic acids is 1. The fourth-order valence-corrected chi connectivity index (χ4v) is 2.38. The zero-order valence-corrected chi connectivity index (χ0v) is 12.4. The Balaban J connectivity index is 2.06. The van der Waals surface area contributed by atoms with Crippen LogP contribution >= 0.6 is 0 Å². The summed E-state index contributed by atoms with van der Waals surface area (Å²) in [6.07, 6.45) is 4.66. The molecule has 0 aromatic carbocycles. The number of rotatable bonds is 9. The predicted molar refractivity (Wildman–Crippen MR) is 75.6 cm³/mol. The second kappa shape index (κ2) is 8.79. The van der Waals surface area contributed by atoms with Gasteiger partial charge >= 0.3 is 12.0 Å². The third-order valence-electron chi connectivity index (χ3n) is 3.95. The smallest absolute Gasteiger partial charge is 0.315 e. The highest BCUT2D eigenvalue weighted by Crippen LogP contribution is 2.22. The summed E-state index contributed by atoms with van der Waals surface area (Å²) >= 11 is 0. The van der Waals surface area contributed by atoms with E-state index < -0.39 is 5.97 Å². The summed E-state index contributed by atoms with van der Waals surface area (Å²) in [5.74, 6) is -0.403. The molecule has 20 heavy (non-hydrogen) atoms. The van der Waals surface area contributed by atoms with Crippen molar-refractivity contribution in [2.45, 2.75) is 57.6 Å². The molecule has 6 nitrogen and oxygen atoms in total. The number of carbonyl (C=O) groups excluding carboxylic acids is 1. The first-order valence-corrected chi connectivity index (χ1v) is 7.34. The van der Waals surface area contributed by atoms with Gasteiger partial charge < -0.3 is 20.5 Å². The van der Waals surface area contributed by atoms with Crippen molar-refractivity contribution < 1.29 is 19.4 Å². The van der Waals surface area contributed by atoms with Gasteiger partial charge in [0.1, 0.15) is 0 Å². The van der Waals surface area contributed by atoms with E-state index in [2.05, 4.69) is 10.6 Å². The lowest BCUT2D eigenvalue weighted by molar-refractivity contribution is -0.137. The molecule has 1 atom stereocenters. The molecule has 1 saturated carbocycles. The van der Waals surface area contributed by atoms with Gasteiger partial charge in [-0.1, -0.05) is 13.3 Å². The van der Waals surface area contributed by atoms with Crippen LogP contribution < -0.4 is 10.6 Å². The fraction of sp³-hybridized carbons (Fsp3) is 0.857. The summed E-state index contributed by atoms with van der Waals surface area (Å²) in [6, 6.07) is 0.0755. The molecular formula is C14H26N2O4. The van der Waals surface area contributed by atoms with E-state index in [4.69, 9.17) is 9.84 Å². The van der Waals surface area contributed by atoms with Crippen molar-refractivity contribution in [1.29, 1.82) is 0 Å². The number of ether oxygens (including phenoxy) is 1. The van der Waals surface area contributed by atoms with Crippen LogP contribution in [0.4, 0.5) is 4.79 Å². The van der Waals surface area contributed by atoms with Crippen LogP contribution in [0.2, 0.25) is 0 Å². The third kappa shape index (κ3) is 6.23. The van der Waals surface area contributed by atoms with E-state index >= 15 is 0 Å². The number of urea groups is 1. The van der Waals surface area contributed by atoms with Crippen LogP contribution in [0.15, 0.2) is 0 Å². The first-order valence-electron chi connectivity index (χ1n) is 7.34. The second-order valence-corrected chi connectivity index (χ2v) is 5.42. The highest BCUT2D eigenvalue weighted by atomic mass is 16.5. The number of carbonyl (C=O) groups is 2. The van der Waals surface area contributed by atoms with Crippen molar-refractivity contribution in [3.63, 3.8) is 0 Å². The highest BCUT2D eigenvalue weighted by molar-refractivity contribution is 5.74. The van der Waals surface area contributed by atoms with Crippen molar-refractivity contribution in [2.75, 3.05) is 13.7 Å². The third-order valence-corrected chi connectivity index (χ3v) is 3.95. The van der Waals surface area contributed by atoms with Crippen molar-refractivity contribution in [1.82, 2.24) is 10.6 Å². The Morgan fingerprint density at radius 2 is 2.05 bits per heavy atom. The van der Waals surface area contributed by atoms with Crippen molar-refractivity contribution in [3.05, 3.63) is 0 Å². The van der Waals surface area contributed by atoms with Crippen molar-refractivity contribution in [3.8, 4) is 0 Å². The van der Waals surface area contributed by atoms with Crippen LogP contribution in [0.25, 0.3) is 0 Å². The maximum Gasteiger partial charge on any atom is 0.315 e. The molecule has 1 rings (SSSR count). The first kappa shape index (κ1) is 16.8. The Morgan fingerprint density at radius 1 is 1.35 bits per heavy atom. The number of hydrogen-bond acceptors (Lipinski definition) is 3. The van der Waals surface area contributed by atoms with E-state index in [1.165, 1.54) is 0 Å². The normalized spacial score (nSPS) is 22.7. The molecule has 1 fully saturated rings. The lowest BCUT2D eigenvalue weighted by atomic mass is 9.89. The molecular weight excluding hydrogens is 260 g/mol. The molecule has 1 unspecified atom stereocenters. The maximum absolute atomic E-state index is 11.6. The van der Waals surface area contributed by atoms with Gasteiger partial charge in [0, 0.05) is 26.1 Å². The molecule has 116 valence electrons. The van der Waals surface area contributed by atoms with Crippen LogP contribution in [0.1, 0.15) is 45.4 Å². The van der Waals surface area contributed by atoms with Gasteiger partial charge in [-0.05, 0) is 31.6 Å². The summed E-state index contributed by atoms with van der Waals surface area (Å²) in [5, 5.41) is 14.4. The molecule has 6 heteroatoms. The van der Waals surface area contributed by atoms with E-state index in [0.29, 0.717) is 18.9 Å². The van der Waals surface area contributed by atoms with Gasteiger partial charge in [0.15, 0.2) is 0 Å². The topological polar surface area (TPSA) is 87.7 Å². The Bertz CT molecular complexity index is 316. The number of amides is 2. The molecule has 1 aliphatic carbocycles. The fourth-order valence-electron chi connectivity index (χ4n) is 2.38. The molecule has 0 aromatic heterocycles. The summed E-state index contributed by atoms with van der Waals surface area (Å²) < 4.78 is 5.15. The van der Waals surface area contributed by atoms with E-state index in [9.17, 15) is 9.59 Å². The number of hydrogen-bond donors (Lipinski definition) is 3. The quantitative estimate of drug-likeness (QED) is 0.602. The average molecular weight is 286 g/mol. The zero-order valence-electron chi connectivity index (χ0n) is 12.4. The monoisotopic (exact) mass is 286 g/mol. The number of nitrogens with one attached hydrogen (secondary N) is 2. The summed E-state index contributed by atoms with van der Waals surface area (Å²) in [5.41, 5.74) is 0. The summed E-state index contributed by atoms with van der Waals surface area (Å²) in [7, 11) is 1.68. The van der Waals surface area contributed by atoms with E-state index in [1.807, 2.05) is 6.92 Å². The first-order chi connectivity index (χ1) is 9.55. The van der Waals surface area contributed by atoms with Gasteiger partial charge in [-0.2, -0.15) is 0 Å². The lowest BCUT2D eigenvalue weighted by Crippen LogP contribution is -2.50. The predicted octanol–water partition coefficient (Wildman–Crippen LogP) is 1.74. The number of carboxylic acid groups (broad SMARTS) is 1. The Kier molecular flexibility index (Phi) is 7.36. The van der Waals surface area contributed by atoms with Crippen LogP contribution in [-0.2, 0) is 9.53 Å². The maximum atomic E-state index is 11.6. The molecule has 1 aliphatic rings. The highest BCUT2D eigenvalue weighted by Gasteiger charge is 2.29. The standard InChI is InChI=1S/C14H26N2O4/c1-3-10(4-5-13(17)18)6-7-15-14(19)16-11-8-12(9-11)20-2/h10-12H,3-9H2,1-2H3,(H,17,18)(H2,15,16,19). The SMILES string of the molecule is CCC(CCNC(=O)NC1CC(OC)C1)CCC(=O)O. The molecule has 0 bridgehead atoms. The summed E-state index contributed by atoms with van der Waals surface area (Å²) in [4.78, 5) is 22.1. The van der Waals surface area contributed by atoms with Crippen molar-refractivity contribution >= 4 is 12.0 Å². The number of methoxy groups -OCH3 is 1. The minimum atomic E-state index is -0.758. The summed E-state index contributed by atoms with van der Waals surface area (Å²) in [6.45, 7) is 2.64. The van der Waals surface area contributed by atoms with E-state index in [1.54, 1.807) is 7.11 Å². The molecule has 0 saturated heterocycles. The second-order valence-electron chi connectivity index (χ2n) is 5.42. The van der Waals surface area contributed by atoms with Gasteiger partial charge in [-0.25, -0.2) is 4.79 Å². The molecule has 0 spiro atoms. The molecule has 0 aromatic rings. The Morgan fingerprint density at radius 3 is 2.60 bits per heavy atom. The minimum absolute atomic E-state index is 0.141. The van der Waals surface area contributed by atoms with Crippen LogP contribution in [0, 0.1) is 5.92 Å². The van der Waals surface area contributed by atoms with Gasteiger partial charge in [-0.15, -0.1) is 0 Å². The van der Waals surface area contributed by atoms with Crippen molar-refractivity contribution in [2.24, 2.45) is 5.92 Å². The molecule has 2 amide bonds. The zero-order chi connectivity index (χ0) is 15.0. The Labute approximate surface area is 120 Å². The molecule has 3 N–H and O–H groups in total.